The zero-order valence-electron chi connectivity index (χ0n) is 18.1. The summed E-state index contributed by atoms with van der Waals surface area (Å²) in [6.07, 6.45) is 1.75. The van der Waals surface area contributed by atoms with Crippen LogP contribution in [-0.4, -0.2) is 46.2 Å². The van der Waals surface area contributed by atoms with E-state index in [1.54, 1.807) is 6.20 Å². The lowest BCUT2D eigenvalue weighted by Gasteiger charge is -2.16. The van der Waals surface area contributed by atoms with E-state index >= 15 is 0 Å². The first-order valence-corrected chi connectivity index (χ1v) is 9.87. The number of hydrogen-bond acceptors (Lipinski definition) is 7. The number of anilines is 2. The Morgan fingerprint density at radius 3 is 2.32 bits per heavy atom. The molecular weight excluding hydrogens is 388 g/mol. The van der Waals surface area contributed by atoms with E-state index < -0.39 is 0 Å². The van der Waals surface area contributed by atoms with Gasteiger partial charge in [-0.3, -0.25) is 9.88 Å². The van der Waals surface area contributed by atoms with Gasteiger partial charge in [-0.2, -0.15) is 0 Å². The van der Waals surface area contributed by atoms with Crippen LogP contribution in [0.1, 0.15) is 11.3 Å². The molecule has 0 aliphatic rings. The van der Waals surface area contributed by atoms with Crippen molar-refractivity contribution >= 4 is 17.4 Å². The lowest BCUT2D eigenvalue weighted by Crippen LogP contribution is -2.09. The highest BCUT2D eigenvalue weighted by Gasteiger charge is 2.18. The van der Waals surface area contributed by atoms with Crippen LogP contribution in [0.2, 0.25) is 0 Å². The van der Waals surface area contributed by atoms with Gasteiger partial charge in [0, 0.05) is 38.1 Å². The Morgan fingerprint density at radius 1 is 0.935 bits per heavy atom. The third-order valence-electron chi connectivity index (χ3n) is 5.06. The zero-order chi connectivity index (χ0) is 22.0. The Bertz CT molecular complexity index is 1200. The Morgan fingerprint density at radius 2 is 1.65 bits per heavy atom. The third kappa shape index (κ3) is 4.16. The van der Waals surface area contributed by atoms with E-state index in [0.717, 1.165) is 33.9 Å². The molecule has 0 aliphatic carbocycles. The maximum atomic E-state index is 5.92. The summed E-state index contributed by atoms with van der Waals surface area (Å²) in [5.74, 6) is 0.335. The molecule has 0 unspecified atom stereocenters. The SMILES string of the molecule is C=C(c1ccc(-c2cnc(C)c(-c3nnc(N(C)c4ccccc4)o3)n2)cc1)N(C)C. The molecule has 0 aliphatic heterocycles. The fourth-order valence-electron chi connectivity index (χ4n) is 3.09. The highest BCUT2D eigenvalue weighted by Crippen LogP contribution is 2.28. The van der Waals surface area contributed by atoms with Gasteiger partial charge in [-0.25, -0.2) is 4.98 Å². The van der Waals surface area contributed by atoms with Gasteiger partial charge in [0.25, 0.3) is 5.89 Å². The fourth-order valence-corrected chi connectivity index (χ4v) is 3.09. The van der Waals surface area contributed by atoms with Gasteiger partial charge in [-0.05, 0) is 24.6 Å². The normalized spacial score (nSPS) is 10.7. The molecule has 0 amide bonds. The first-order valence-electron chi connectivity index (χ1n) is 9.87. The summed E-state index contributed by atoms with van der Waals surface area (Å²) in [6.45, 7) is 5.97. The van der Waals surface area contributed by atoms with Gasteiger partial charge < -0.3 is 9.32 Å². The molecule has 0 saturated carbocycles. The van der Waals surface area contributed by atoms with Gasteiger partial charge in [0.1, 0.15) is 5.69 Å². The Kier molecular flexibility index (Phi) is 5.49. The number of hydrogen-bond donors (Lipinski definition) is 0. The Labute approximate surface area is 181 Å². The number of para-hydroxylation sites is 1. The Balaban J connectivity index is 1.63. The largest absolute Gasteiger partial charge is 0.401 e. The number of rotatable bonds is 6. The standard InChI is InChI=1S/C24H24N6O/c1-16-22(23-27-28-24(31-23)30(5)20-9-7-6-8-10-20)26-21(15-25-16)19-13-11-18(12-14-19)17(2)29(3)4/h6-15H,2H2,1,3-5H3. The molecule has 4 rings (SSSR count). The molecule has 0 bridgehead atoms. The summed E-state index contributed by atoms with van der Waals surface area (Å²) in [6, 6.07) is 18.3. The van der Waals surface area contributed by atoms with Crippen LogP contribution < -0.4 is 4.90 Å². The number of nitrogens with zero attached hydrogens (tertiary/aromatic N) is 6. The smallest absolute Gasteiger partial charge is 0.322 e. The van der Waals surface area contributed by atoms with E-state index in [-0.39, 0.29) is 0 Å². The summed E-state index contributed by atoms with van der Waals surface area (Å²) in [5, 5.41) is 8.39. The van der Waals surface area contributed by atoms with Crippen LogP contribution in [0.3, 0.4) is 0 Å². The average Bonchev–Trinajstić information content (AvgIpc) is 3.29. The van der Waals surface area contributed by atoms with Gasteiger partial charge in [-0.1, -0.05) is 54.1 Å². The van der Waals surface area contributed by atoms with Crippen LogP contribution >= 0.6 is 0 Å². The number of aryl methyl sites for hydroxylation is 1. The first kappa shape index (κ1) is 20.3. The monoisotopic (exact) mass is 412 g/mol. The minimum atomic E-state index is 0.335. The minimum absolute atomic E-state index is 0.335. The van der Waals surface area contributed by atoms with Crippen LogP contribution in [0.5, 0.6) is 0 Å². The zero-order valence-corrected chi connectivity index (χ0v) is 18.1. The maximum Gasteiger partial charge on any atom is 0.322 e. The van der Waals surface area contributed by atoms with Crippen molar-refractivity contribution in [3.63, 3.8) is 0 Å². The molecule has 2 aromatic heterocycles. The Hall–Kier alpha value is -4.00. The molecule has 7 heteroatoms. The highest BCUT2D eigenvalue weighted by atomic mass is 16.4. The van der Waals surface area contributed by atoms with Crippen molar-refractivity contribution in [3.05, 3.63) is 78.6 Å². The summed E-state index contributed by atoms with van der Waals surface area (Å²) < 4.78 is 5.92. The van der Waals surface area contributed by atoms with Gasteiger partial charge in [-0.15, -0.1) is 5.10 Å². The van der Waals surface area contributed by atoms with Crippen molar-refractivity contribution < 1.29 is 4.42 Å². The van der Waals surface area contributed by atoms with Gasteiger partial charge in [0.05, 0.1) is 17.6 Å². The van der Waals surface area contributed by atoms with Crippen molar-refractivity contribution in [2.24, 2.45) is 0 Å². The third-order valence-corrected chi connectivity index (χ3v) is 5.06. The van der Waals surface area contributed by atoms with E-state index in [0.29, 0.717) is 17.6 Å². The second-order valence-electron chi connectivity index (χ2n) is 7.39. The van der Waals surface area contributed by atoms with Gasteiger partial charge in [0.2, 0.25) is 0 Å². The predicted molar refractivity (Wildman–Crippen MR) is 123 cm³/mol. The van der Waals surface area contributed by atoms with E-state index in [2.05, 4.69) is 21.8 Å². The number of aromatic nitrogens is 4. The molecule has 2 heterocycles. The molecule has 2 aromatic carbocycles. The van der Waals surface area contributed by atoms with Crippen molar-refractivity contribution in [2.45, 2.75) is 6.92 Å². The molecule has 31 heavy (non-hydrogen) atoms. The number of benzene rings is 2. The second-order valence-corrected chi connectivity index (χ2v) is 7.39. The van der Waals surface area contributed by atoms with Gasteiger partial charge >= 0.3 is 6.01 Å². The minimum Gasteiger partial charge on any atom is -0.401 e. The molecule has 0 N–H and O–H groups in total. The highest BCUT2D eigenvalue weighted by molar-refractivity contribution is 5.68. The van der Waals surface area contributed by atoms with Crippen LogP contribution in [0.25, 0.3) is 28.5 Å². The second kappa shape index (κ2) is 8.39. The molecule has 0 fully saturated rings. The molecule has 0 saturated heterocycles. The van der Waals surface area contributed by atoms with E-state index in [1.807, 2.05) is 92.5 Å². The lowest BCUT2D eigenvalue weighted by atomic mass is 10.1. The molecule has 0 spiro atoms. The summed E-state index contributed by atoms with van der Waals surface area (Å²) in [7, 11) is 5.83. The van der Waals surface area contributed by atoms with E-state index in [4.69, 9.17) is 9.40 Å². The van der Waals surface area contributed by atoms with Gasteiger partial charge in [0.15, 0.2) is 0 Å². The van der Waals surface area contributed by atoms with Crippen molar-refractivity contribution in [2.75, 3.05) is 26.0 Å². The summed E-state index contributed by atoms with van der Waals surface area (Å²) in [4.78, 5) is 13.1. The van der Waals surface area contributed by atoms with Crippen molar-refractivity contribution in [1.82, 2.24) is 25.1 Å². The van der Waals surface area contributed by atoms with Crippen LogP contribution in [0.15, 0.2) is 71.8 Å². The molecule has 0 radical (unpaired) electrons. The van der Waals surface area contributed by atoms with Crippen molar-refractivity contribution in [1.29, 1.82) is 0 Å². The first-order chi connectivity index (χ1) is 14.9. The fraction of sp³-hybridized carbons (Fsp3) is 0.167. The van der Waals surface area contributed by atoms with Crippen LogP contribution in [0.4, 0.5) is 11.7 Å². The van der Waals surface area contributed by atoms with Crippen molar-refractivity contribution in [3.8, 4) is 22.8 Å². The quantitative estimate of drug-likeness (QED) is 0.450. The summed E-state index contributed by atoms with van der Waals surface area (Å²) in [5.41, 5.74) is 5.93. The lowest BCUT2D eigenvalue weighted by molar-refractivity contribution is 0.568. The van der Waals surface area contributed by atoms with Crippen LogP contribution in [-0.2, 0) is 0 Å². The predicted octanol–water partition coefficient (Wildman–Crippen LogP) is 4.80. The maximum absolute atomic E-state index is 5.92. The molecule has 7 nitrogen and oxygen atoms in total. The molecule has 156 valence electrons. The summed E-state index contributed by atoms with van der Waals surface area (Å²) >= 11 is 0. The topological polar surface area (TPSA) is 71.2 Å². The van der Waals surface area contributed by atoms with E-state index in [1.165, 1.54) is 0 Å². The molecular formula is C24H24N6O. The molecule has 4 aromatic rings. The average molecular weight is 412 g/mol. The molecule has 0 atom stereocenters. The van der Waals surface area contributed by atoms with E-state index in [9.17, 15) is 0 Å². The van der Waals surface area contributed by atoms with Crippen LogP contribution in [0, 0.1) is 6.92 Å².